The van der Waals surface area contributed by atoms with E-state index in [2.05, 4.69) is 42.9 Å². The molecule has 2 aromatic rings. The first-order chi connectivity index (χ1) is 9.40. The Bertz CT molecular complexity index is 708. The molecule has 0 bridgehead atoms. The van der Waals surface area contributed by atoms with Crippen molar-refractivity contribution in [3.8, 4) is 11.4 Å². The summed E-state index contributed by atoms with van der Waals surface area (Å²) in [6.07, 6.45) is 0. The Kier molecular flexibility index (Phi) is 4.23. The van der Waals surface area contributed by atoms with Gasteiger partial charge >= 0.3 is 0 Å². The lowest BCUT2D eigenvalue weighted by Crippen LogP contribution is -2.27. The minimum absolute atomic E-state index is 0.0253. The second kappa shape index (κ2) is 5.75. The van der Waals surface area contributed by atoms with Gasteiger partial charge in [-0.3, -0.25) is 15.0 Å². The molecular weight excluding hydrogens is 272 g/mol. The molecule has 20 heavy (non-hydrogen) atoms. The van der Waals surface area contributed by atoms with E-state index >= 15 is 0 Å². The fourth-order valence-corrected chi connectivity index (χ4v) is 2.37. The van der Waals surface area contributed by atoms with Gasteiger partial charge in [-0.1, -0.05) is 27.7 Å². The highest BCUT2D eigenvalue weighted by atomic mass is 32.1. The molecule has 0 spiro atoms. The third kappa shape index (κ3) is 2.90. The molecule has 0 fully saturated rings. The highest BCUT2D eigenvalue weighted by molar-refractivity contribution is 7.71. The summed E-state index contributed by atoms with van der Waals surface area (Å²) in [6.45, 7) is 9.09. The van der Waals surface area contributed by atoms with Crippen molar-refractivity contribution in [2.45, 2.75) is 40.2 Å². The molecule has 0 amide bonds. The predicted octanol–water partition coefficient (Wildman–Crippen LogP) is 3.08. The summed E-state index contributed by atoms with van der Waals surface area (Å²) in [7, 11) is 0. The van der Waals surface area contributed by atoms with Crippen LogP contribution in [-0.2, 0) is 6.54 Å². The molecule has 0 saturated heterocycles. The molecule has 0 unspecified atom stereocenters. The minimum Gasteiger partial charge on any atom is -0.312 e. The maximum atomic E-state index is 12.7. The summed E-state index contributed by atoms with van der Waals surface area (Å²) >= 11 is 4.94. The first kappa shape index (κ1) is 14.7. The molecule has 108 valence electrons. The van der Waals surface area contributed by atoms with E-state index < -0.39 is 0 Å². The Morgan fingerprint density at radius 3 is 2.45 bits per heavy atom. The Balaban J connectivity index is 2.62. The molecule has 0 saturated carbocycles. The molecule has 0 radical (unpaired) electrons. The number of nitrogens with one attached hydrogen (secondary N) is 2. The molecule has 0 aromatic carbocycles. The Morgan fingerprint density at radius 1 is 1.25 bits per heavy atom. The molecule has 5 nitrogen and oxygen atoms in total. The van der Waals surface area contributed by atoms with Crippen molar-refractivity contribution in [1.82, 2.24) is 19.7 Å². The van der Waals surface area contributed by atoms with Gasteiger partial charge in [0.1, 0.15) is 0 Å². The van der Waals surface area contributed by atoms with E-state index in [1.54, 1.807) is 0 Å². The van der Waals surface area contributed by atoms with Crippen LogP contribution in [0.15, 0.2) is 16.9 Å². The predicted molar refractivity (Wildman–Crippen MR) is 82.4 cm³/mol. The lowest BCUT2D eigenvalue weighted by atomic mass is 10.1. The Hall–Kier alpha value is -1.69. The summed E-state index contributed by atoms with van der Waals surface area (Å²) < 4.78 is 2.19. The van der Waals surface area contributed by atoms with Crippen LogP contribution in [-0.4, -0.2) is 19.7 Å². The third-order valence-electron chi connectivity index (χ3n) is 3.10. The van der Waals surface area contributed by atoms with Gasteiger partial charge in [0, 0.05) is 12.2 Å². The van der Waals surface area contributed by atoms with Gasteiger partial charge in [-0.25, -0.2) is 0 Å². The highest BCUT2D eigenvalue weighted by Gasteiger charge is 2.15. The maximum absolute atomic E-state index is 12.7. The van der Waals surface area contributed by atoms with Crippen LogP contribution in [0.3, 0.4) is 0 Å². The van der Waals surface area contributed by atoms with Crippen molar-refractivity contribution in [3.05, 3.63) is 33.0 Å². The number of nitrogens with zero attached hydrogens (tertiary/aromatic N) is 2. The zero-order valence-corrected chi connectivity index (χ0v) is 13.0. The smallest absolute Gasteiger partial charge is 0.261 e. The van der Waals surface area contributed by atoms with Crippen LogP contribution >= 0.6 is 12.2 Å². The summed E-state index contributed by atoms with van der Waals surface area (Å²) in [5.41, 5.74) is 1.56. The van der Waals surface area contributed by atoms with Gasteiger partial charge in [-0.15, -0.1) is 0 Å². The van der Waals surface area contributed by atoms with Crippen LogP contribution < -0.4 is 5.56 Å². The fourth-order valence-electron chi connectivity index (χ4n) is 2.23. The van der Waals surface area contributed by atoms with E-state index in [1.165, 1.54) is 0 Å². The first-order valence-corrected chi connectivity index (χ1v) is 7.19. The van der Waals surface area contributed by atoms with E-state index in [0.717, 1.165) is 5.69 Å². The lowest BCUT2D eigenvalue weighted by Gasteiger charge is -2.18. The second-order valence-electron chi connectivity index (χ2n) is 5.65. The first-order valence-electron chi connectivity index (χ1n) is 6.79. The van der Waals surface area contributed by atoms with Gasteiger partial charge in [0.05, 0.1) is 5.56 Å². The average molecular weight is 292 g/mol. The third-order valence-corrected chi connectivity index (χ3v) is 3.30. The second-order valence-corrected chi connectivity index (χ2v) is 6.04. The quantitative estimate of drug-likeness (QED) is 0.851. The number of H-pyrrole nitrogens is 2. The number of rotatable bonds is 4. The molecular formula is C14H20N4OS. The van der Waals surface area contributed by atoms with Crippen LogP contribution in [0.2, 0.25) is 0 Å². The van der Waals surface area contributed by atoms with Crippen molar-refractivity contribution < 1.29 is 0 Å². The molecule has 0 atom stereocenters. The largest absolute Gasteiger partial charge is 0.312 e. The van der Waals surface area contributed by atoms with Crippen LogP contribution in [0, 0.1) is 10.7 Å². The number of aromatic nitrogens is 4. The fraction of sp³-hybridized carbons (Fsp3) is 0.500. The average Bonchev–Trinajstić information content (AvgIpc) is 2.77. The van der Waals surface area contributed by atoms with Gasteiger partial charge in [0.15, 0.2) is 5.82 Å². The van der Waals surface area contributed by atoms with E-state index in [9.17, 15) is 4.79 Å². The van der Waals surface area contributed by atoms with Crippen molar-refractivity contribution in [2.24, 2.45) is 5.92 Å². The number of hydrogen-bond donors (Lipinski definition) is 2. The van der Waals surface area contributed by atoms with Crippen molar-refractivity contribution >= 4 is 12.2 Å². The topological polar surface area (TPSA) is 66.5 Å². The molecule has 2 rings (SSSR count). The van der Waals surface area contributed by atoms with Crippen molar-refractivity contribution in [1.29, 1.82) is 0 Å². The van der Waals surface area contributed by atoms with Crippen LogP contribution in [0.5, 0.6) is 0 Å². The summed E-state index contributed by atoms with van der Waals surface area (Å²) in [4.78, 5) is 16.8. The van der Waals surface area contributed by atoms with E-state index in [1.807, 2.05) is 16.7 Å². The number of aromatic amines is 2. The Morgan fingerprint density at radius 2 is 1.95 bits per heavy atom. The summed E-state index contributed by atoms with van der Waals surface area (Å²) in [5.74, 6) is 1.19. The van der Waals surface area contributed by atoms with Crippen LogP contribution in [0.25, 0.3) is 11.4 Å². The van der Waals surface area contributed by atoms with Gasteiger partial charge in [-0.05, 0) is 36.2 Å². The summed E-state index contributed by atoms with van der Waals surface area (Å²) in [6, 6.07) is 3.81. The normalized spacial score (nSPS) is 11.5. The SMILES string of the molecule is CC(C)Cn1c(C(C)C)ccc(-c2nc(=S)[nH][nH]2)c1=O. The minimum atomic E-state index is -0.0253. The van der Waals surface area contributed by atoms with E-state index in [4.69, 9.17) is 12.2 Å². The number of pyridine rings is 1. The van der Waals surface area contributed by atoms with Gasteiger partial charge < -0.3 is 4.57 Å². The zero-order chi connectivity index (χ0) is 14.9. The molecule has 0 aliphatic heterocycles. The zero-order valence-electron chi connectivity index (χ0n) is 12.2. The van der Waals surface area contributed by atoms with Gasteiger partial charge in [0.25, 0.3) is 5.56 Å². The van der Waals surface area contributed by atoms with Crippen LogP contribution in [0.4, 0.5) is 0 Å². The van der Waals surface area contributed by atoms with Crippen molar-refractivity contribution in [3.63, 3.8) is 0 Å². The van der Waals surface area contributed by atoms with E-state index in [0.29, 0.717) is 34.5 Å². The Labute approximate surface area is 123 Å². The maximum Gasteiger partial charge on any atom is 0.261 e. The molecule has 2 aromatic heterocycles. The standard InChI is InChI=1S/C14H20N4OS/c1-8(2)7-18-11(9(3)4)6-5-10(13(18)19)12-15-14(20)17-16-12/h5-6,8-9H,7H2,1-4H3,(H2,15,16,17,20). The highest BCUT2D eigenvalue weighted by Crippen LogP contribution is 2.17. The van der Waals surface area contributed by atoms with Gasteiger partial charge in [0.2, 0.25) is 4.77 Å². The van der Waals surface area contributed by atoms with Gasteiger partial charge in [-0.2, -0.15) is 4.98 Å². The monoisotopic (exact) mass is 292 g/mol. The molecule has 2 heterocycles. The van der Waals surface area contributed by atoms with Crippen molar-refractivity contribution in [2.75, 3.05) is 0 Å². The summed E-state index contributed by atoms with van der Waals surface area (Å²) in [5, 5.41) is 5.56. The molecule has 0 aliphatic carbocycles. The molecule has 0 aliphatic rings. The van der Waals surface area contributed by atoms with Crippen LogP contribution in [0.1, 0.15) is 39.3 Å². The number of hydrogen-bond acceptors (Lipinski definition) is 3. The van der Waals surface area contributed by atoms with E-state index in [-0.39, 0.29) is 5.56 Å². The molecule has 6 heteroatoms. The molecule has 2 N–H and O–H groups in total. The lowest BCUT2D eigenvalue weighted by molar-refractivity contribution is 0.488.